The Hall–Kier alpha value is -6.59. The first-order valence-electron chi connectivity index (χ1n) is 18.9. The highest BCUT2D eigenvalue weighted by molar-refractivity contribution is 7.81. The highest BCUT2D eigenvalue weighted by Crippen LogP contribution is 2.50. The van der Waals surface area contributed by atoms with Gasteiger partial charge in [0, 0.05) is 15.9 Å². The third kappa shape index (κ3) is 6.86. The van der Waals surface area contributed by atoms with Gasteiger partial charge in [-0.1, -0.05) is 237 Å². The normalized spacial score (nSPS) is 11.1. The van der Waals surface area contributed by atoms with E-state index in [2.05, 4.69) is 237 Å². The maximum absolute atomic E-state index is 2.34. The molecule has 0 unspecified atom stereocenters. The van der Waals surface area contributed by atoms with Crippen LogP contribution in [0.3, 0.4) is 0 Å². The molecule has 0 N–H and O–H groups in total. The van der Waals surface area contributed by atoms with E-state index in [4.69, 9.17) is 0 Å². The molecule has 260 valence electrons. The third-order valence-corrected chi connectivity index (χ3v) is 13.1. The van der Waals surface area contributed by atoms with Crippen LogP contribution in [0.2, 0.25) is 0 Å². The van der Waals surface area contributed by atoms with Gasteiger partial charge in [-0.15, -0.1) is 0 Å². The first-order chi connectivity index (χ1) is 27.3. The molecular weight excluding hydrogens is 680 g/mol. The van der Waals surface area contributed by atoms with Gasteiger partial charge in [-0.3, -0.25) is 0 Å². The Morgan fingerprint density at radius 2 is 0.327 bits per heavy atom. The summed E-state index contributed by atoms with van der Waals surface area (Å²) in [6.07, 6.45) is 0. The maximum Gasteiger partial charge on any atom is 0.000673 e. The zero-order valence-corrected chi connectivity index (χ0v) is 31.4. The van der Waals surface area contributed by atoms with E-state index in [0.29, 0.717) is 0 Å². The molecule has 0 bridgehead atoms. The molecule has 0 aliphatic heterocycles. The van der Waals surface area contributed by atoms with E-state index < -0.39 is 7.92 Å². The molecule has 0 aliphatic carbocycles. The van der Waals surface area contributed by atoms with Crippen LogP contribution in [0.5, 0.6) is 0 Å². The molecule has 55 heavy (non-hydrogen) atoms. The molecular formula is C54H39P. The quantitative estimate of drug-likeness (QED) is 0.130. The number of rotatable bonds is 9. The predicted octanol–water partition coefficient (Wildman–Crippen LogP) is 13.4. The summed E-state index contributed by atoms with van der Waals surface area (Å²) < 4.78 is 0. The summed E-state index contributed by atoms with van der Waals surface area (Å²) in [4.78, 5) is 0. The minimum Gasteiger partial charge on any atom is -0.0622 e. The molecule has 0 saturated heterocycles. The summed E-state index contributed by atoms with van der Waals surface area (Å²) in [5, 5.41) is 4.03. The van der Waals surface area contributed by atoms with Gasteiger partial charge in [-0.25, -0.2) is 0 Å². The molecule has 9 aromatic rings. The lowest BCUT2D eigenvalue weighted by molar-refractivity contribution is 1.60. The van der Waals surface area contributed by atoms with Crippen LogP contribution in [0.1, 0.15) is 0 Å². The molecule has 0 heterocycles. The number of benzene rings is 9. The number of hydrogen-bond donors (Lipinski definition) is 0. The summed E-state index contributed by atoms with van der Waals surface area (Å²) in [5.41, 5.74) is 14.7. The van der Waals surface area contributed by atoms with Gasteiger partial charge in [0.05, 0.1) is 0 Å². The van der Waals surface area contributed by atoms with Crippen molar-refractivity contribution in [3.8, 4) is 66.8 Å². The molecule has 1 heteroatoms. The van der Waals surface area contributed by atoms with Crippen LogP contribution in [0, 0.1) is 0 Å². The fraction of sp³-hybridized carbons (Fsp3) is 0. The van der Waals surface area contributed by atoms with Gasteiger partial charge in [-0.2, -0.15) is 0 Å². The molecule has 0 spiro atoms. The highest BCUT2D eigenvalue weighted by atomic mass is 31.1. The zero-order valence-electron chi connectivity index (χ0n) is 30.5. The minimum atomic E-state index is -1.31. The summed E-state index contributed by atoms with van der Waals surface area (Å²) >= 11 is 0. The first kappa shape index (κ1) is 34.2. The van der Waals surface area contributed by atoms with Crippen LogP contribution in [0.15, 0.2) is 237 Å². The Balaban J connectivity index is 1.53. The van der Waals surface area contributed by atoms with Crippen molar-refractivity contribution in [2.45, 2.75) is 0 Å². The molecule has 9 aromatic carbocycles. The molecule has 0 atom stereocenters. The topological polar surface area (TPSA) is 0 Å². The lowest BCUT2D eigenvalue weighted by Gasteiger charge is -2.32. The molecule has 0 saturated carbocycles. The van der Waals surface area contributed by atoms with Crippen LogP contribution >= 0.6 is 7.92 Å². The molecule has 0 amide bonds. The van der Waals surface area contributed by atoms with Gasteiger partial charge in [0.2, 0.25) is 0 Å². The van der Waals surface area contributed by atoms with Crippen LogP contribution < -0.4 is 15.9 Å². The van der Waals surface area contributed by atoms with Crippen molar-refractivity contribution >= 4 is 23.8 Å². The zero-order chi connectivity index (χ0) is 36.8. The van der Waals surface area contributed by atoms with Crippen molar-refractivity contribution in [2.75, 3.05) is 0 Å². The van der Waals surface area contributed by atoms with Gasteiger partial charge < -0.3 is 0 Å². The van der Waals surface area contributed by atoms with Crippen molar-refractivity contribution in [2.24, 2.45) is 0 Å². The second kappa shape index (κ2) is 15.8. The van der Waals surface area contributed by atoms with Gasteiger partial charge in [0.25, 0.3) is 0 Å². The maximum atomic E-state index is 2.34. The van der Waals surface area contributed by atoms with E-state index in [-0.39, 0.29) is 0 Å². The number of hydrogen-bond acceptors (Lipinski definition) is 0. The van der Waals surface area contributed by atoms with E-state index in [9.17, 15) is 0 Å². The van der Waals surface area contributed by atoms with E-state index in [1.54, 1.807) is 0 Å². The van der Waals surface area contributed by atoms with Crippen molar-refractivity contribution in [1.82, 2.24) is 0 Å². The van der Waals surface area contributed by atoms with Gasteiger partial charge in [-0.05, 0) is 74.7 Å². The lowest BCUT2D eigenvalue weighted by Crippen LogP contribution is -2.29. The third-order valence-electron chi connectivity index (χ3n) is 10.3. The lowest BCUT2D eigenvalue weighted by atomic mass is 9.98. The van der Waals surface area contributed by atoms with Gasteiger partial charge >= 0.3 is 0 Å². The standard InChI is InChI=1S/C54H39P/c1-7-22-40(23-8-1)46-34-19-35-47(41-24-9-2-10-25-41)52(46)55(53-48(42-26-11-3-12-27-42)36-20-37-49(53)43-28-13-4-14-29-43)54-50(44-30-15-5-16-31-44)38-21-39-51(54)45-32-17-6-18-33-45/h1-39H. The SMILES string of the molecule is c1ccc(-c2cccc(-c3ccccc3)c2P(c2c(-c3ccccc3)cccc2-c2ccccc2)c2c(-c3ccccc3)cccc2-c2ccccc2)cc1. The average Bonchev–Trinajstić information content (AvgIpc) is 3.28. The van der Waals surface area contributed by atoms with E-state index in [1.807, 2.05) is 0 Å². The molecule has 0 nitrogen and oxygen atoms in total. The molecule has 0 aromatic heterocycles. The molecule has 0 radical (unpaired) electrons. The van der Waals surface area contributed by atoms with Gasteiger partial charge in [0.15, 0.2) is 0 Å². The fourth-order valence-electron chi connectivity index (χ4n) is 7.79. The molecule has 9 rings (SSSR count). The van der Waals surface area contributed by atoms with Crippen LogP contribution in [-0.2, 0) is 0 Å². The summed E-state index contributed by atoms with van der Waals surface area (Å²) in [6, 6.07) is 86.6. The summed E-state index contributed by atoms with van der Waals surface area (Å²) in [6.45, 7) is 0. The first-order valence-corrected chi connectivity index (χ1v) is 20.2. The predicted molar refractivity (Wildman–Crippen MR) is 238 cm³/mol. The van der Waals surface area contributed by atoms with E-state index >= 15 is 0 Å². The van der Waals surface area contributed by atoms with Crippen molar-refractivity contribution in [3.63, 3.8) is 0 Å². The van der Waals surface area contributed by atoms with Crippen molar-refractivity contribution in [3.05, 3.63) is 237 Å². The van der Waals surface area contributed by atoms with Crippen LogP contribution in [0.4, 0.5) is 0 Å². The van der Waals surface area contributed by atoms with Crippen molar-refractivity contribution in [1.29, 1.82) is 0 Å². The Labute approximate surface area is 325 Å². The second-order valence-corrected chi connectivity index (χ2v) is 15.6. The van der Waals surface area contributed by atoms with E-state index in [0.717, 1.165) is 0 Å². The second-order valence-electron chi connectivity index (χ2n) is 13.6. The smallest absolute Gasteiger partial charge is 0.000673 e. The Bertz CT molecular complexity index is 2180. The highest BCUT2D eigenvalue weighted by Gasteiger charge is 2.33. The van der Waals surface area contributed by atoms with Crippen LogP contribution in [-0.4, -0.2) is 0 Å². The Morgan fingerprint density at radius 3 is 0.491 bits per heavy atom. The van der Waals surface area contributed by atoms with Crippen molar-refractivity contribution < 1.29 is 0 Å². The molecule has 0 fully saturated rings. The Morgan fingerprint density at radius 1 is 0.164 bits per heavy atom. The summed E-state index contributed by atoms with van der Waals surface area (Å²) in [7, 11) is -1.31. The van der Waals surface area contributed by atoms with Gasteiger partial charge in [0.1, 0.15) is 0 Å². The fourth-order valence-corrected chi connectivity index (χ4v) is 11.1. The average molecular weight is 719 g/mol. The summed E-state index contributed by atoms with van der Waals surface area (Å²) in [5.74, 6) is 0. The largest absolute Gasteiger partial charge is 0.0622 e. The van der Waals surface area contributed by atoms with E-state index in [1.165, 1.54) is 82.7 Å². The minimum absolute atomic E-state index is 1.21. The monoisotopic (exact) mass is 718 g/mol. The molecule has 0 aliphatic rings. The Kier molecular flexibility index (Phi) is 9.82. The van der Waals surface area contributed by atoms with Crippen LogP contribution in [0.25, 0.3) is 66.8 Å².